The first-order valence-corrected chi connectivity index (χ1v) is 13.3. The van der Waals surface area contributed by atoms with Crippen molar-refractivity contribution in [3.63, 3.8) is 0 Å². The molecule has 2 heterocycles. The van der Waals surface area contributed by atoms with E-state index in [1.165, 1.54) is 23.1 Å². The Hall–Kier alpha value is -2.86. The van der Waals surface area contributed by atoms with E-state index in [4.69, 9.17) is 15.2 Å². The third-order valence-electron chi connectivity index (χ3n) is 5.26. The van der Waals surface area contributed by atoms with Crippen LogP contribution in [-0.2, 0) is 9.53 Å². The van der Waals surface area contributed by atoms with Gasteiger partial charge in [0.05, 0.1) is 42.0 Å². The molecule has 194 valence electrons. The van der Waals surface area contributed by atoms with E-state index in [0.717, 1.165) is 14.7 Å². The van der Waals surface area contributed by atoms with E-state index in [1.54, 1.807) is 30.4 Å². The van der Waals surface area contributed by atoms with Crippen LogP contribution in [0, 0.1) is 6.92 Å². The Bertz CT molecular complexity index is 1120. The number of carbonyl (C=O) groups excluding carboxylic acids is 2. The lowest BCUT2D eigenvalue weighted by atomic mass is 10.1. The van der Waals surface area contributed by atoms with Gasteiger partial charge in [-0.25, -0.2) is 4.98 Å². The molecule has 4 N–H and O–H groups in total. The minimum absolute atomic E-state index is 0.0782. The molecule has 1 fully saturated rings. The molecule has 11 heteroatoms. The van der Waals surface area contributed by atoms with Gasteiger partial charge in [0.15, 0.2) is 5.13 Å². The van der Waals surface area contributed by atoms with Gasteiger partial charge < -0.3 is 25.4 Å². The normalized spacial score (nSPS) is 14.5. The maximum absolute atomic E-state index is 13.1. The number of ether oxygens (including phenoxy) is 2. The maximum Gasteiger partial charge on any atom is 0.273 e. The van der Waals surface area contributed by atoms with Crippen LogP contribution in [0.15, 0.2) is 51.4 Å². The van der Waals surface area contributed by atoms with E-state index in [2.05, 4.69) is 29.5 Å². The lowest BCUT2D eigenvalue weighted by Gasteiger charge is -2.27. The second-order valence-corrected chi connectivity index (χ2v) is 10.7. The van der Waals surface area contributed by atoms with Crippen LogP contribution in [0.2, 0.25) is 0 Å². The number of anilines is 1. The molecule has 1 aromatic carbocycles. The van der Waals surface area contributed by atoms with Crippen molar-refractivity contribution in [3.05, 3.63) is 53.4 Å². The van der Waals surface area contributed by atoms with Gasteiger partial charge in [-0.15, -0.1) is 0 Å². The molecule has 3 rings (SSSR count). The zero-order chi connectivity index (χ0) is 26.1. The average molecular weight is 532 g/mol. The fourth-order valence-electron chi connectivity index (χ4n) is 3.31. The van der Waals surface area contributed by atoms with Crippen LogP contribution in [-0.4, -0.2) is 67.7 Å². The number of aromatic nitrogens is 1. The van der Waals surface area contributed by atoms with Gasteiger partial charge in [-0.1, -0.05) is 49.1 Å². The molecule has 0 bridgehead atoms. The lowest BCUT2D eigenvalue weighted by molar-refractivity contribution is -0.112. The number of nitrogens with two attached hydrogens (primary N) is 1. The summed E-state index contributed by atoms with van der Waals surface area (Å²) in [6.07, 6.45) is 6.90. The summed E-state index contributed by atoms with van der Waals surface area (Å²) in [5.41, 5.74) is 7.47. The molecule has 1 aliphatic rings. The van der Waals surface area contributed by atoms with Crippen molar-refractivity contribution in [2.45, 2.75) is 35.9 Å². The second-order valence-electron chi connectivity index (χ2n) is 8.38. The quantitative estimate of drug-likeness (QED) is 0.315. The predicted octanol–water partition coefficient (Wildman–Crippen LogP) is 3.42. The molecule has 0 radical (unpaired) electrons. The number of methoxy groups -OCH3 is 1. The van der Waals surface area contributed by atoms with Crippen molar-refractivity contribution in [1.82, 2.24) is 15.2 Å². The third-order valence-corrected chi connectivity index (χ3v) is 7.43. The third kappa shape index (κ3) is 7.82. The highest BCUT2D eigenvalue weighted by Gasteiger charge is 2.23. The Morgan fingerprint density at radius 1 is 1.33 bits per heavy atom. The van der Waals surface area contributed by atoms with E-state index in [-0.39, 0.29) is 11.6 Å². The second kappa shape index (κ2) is 13.4. The average Bonchev–Trinajstić information content (AvgIpc) is 3.31. The monoisotopic (exact) mass is 531 g/mol. The maximum atomic E-state index is 13.1. The van der Waals surface area contributed by atoms with Gasteiger partial charge >= 0.3 is 0 Å². The minimum atomic E-state index is -0.415. The minimum Gasteiger partial charge on any atom is -0.496 e. The molecule has 2 amide bonds. The molecule has 2 aromatic rings. The SMILES string of the molecule is COc1cc(C)c(Sc2cnc(NC(=O)/C(N)=C/C=C/CNC(C)C)s2)cc1C(=O)N1CCOCC1. The van der Waals surface area contributed by atoms with Crippen LogP contribution in [0.25, 0.3) is 0 Å². The number of nitrogens with one attached hydrogen (secondary N) is 2. The molecule has 1 saturated heterocycles. The summed E-state index contributed by atoms with van der Waals surface area (Å²) >= 11 is 2.81. The van der Waals surface area contributed by atoms with E-state index in [0.29, 0.717) is 55.3 Å². The number of carbonyl (C=O) groups is 2. The number of thiazole rings is 1. The first-order chi connectivity index (χ1) is 17.3. The topological polar surface area (TPSA) is 119 Å². The number of benzene rings is 1. The van der Waals surface area contributed by atoms with E-state index < -0.39 is 5.91 Å². The molecular weight excluding hydrogens is 498 g/mol. The standard InChI is InChI=1S/C25H33N5O4S2/c1-16(2)27-8-6-5-7-19(26)23(31)29-25-28-15-22(36-25)35-21-14-18(20(33-4)13-17(21)3)24(32)30-9-11-34-12-10-30/h5-7,13-16,27H,8-12,26H2,1-4H3,(H,28,29,31)/b6-5+,19-7-. The van der Waals surface area contributed by atoms with Crippen molar-refractivity contribution in [2.75, 3.05) is 45.3 Å². The van der Waals surface area contributed by atoms with Gasteiger partial charge in [0.2, 0.25) is 0 Å². The fourth-order valence-corrected chi connectivity index (χ4v) is 5.24. The Labute approximate surface area is 220 Å². The van der Waals surface area contributed by atoms with Crippen LogP contribution >= 0.6 is 23.1 Å². The highest BCUT2D eigenvalue weighted by molar-refractivity contribution is 8.01. The number of amides is 2. The number of allylic oxidation sites excluding steroid dienone is 2. The lowest BCUT2D eigenvalue weighted by Crippen LogP contribution is -2.40. The fraction of sp³-hybridized carbons (Fsp3) is 0.400. The van der Waals surface area contributed by atoms with E-state index in [1.807, 2.05) is 25.1 Å². The summed E-state index contributed by atoms with van der Waals surface area (Å²) in [6.45, 7) is 8.95. The largest absolute Gasteiger partial charge is 0.496 e. The van der Waals surface area contributed by atoms with Gasteiger partial charge in [0, 0.05) is 30.6 Å². The number of nitrogens with zero attached hydrogens (tertiary/aromatic N) is 2. The number of aryl methyl sites for hydroxylation is 1. The van der Waals surface area contributed by atoms with Crippen molar-refractivity contribution < 1.29 is 19.1 Å². The Kier molecular flexibility index (Phi) is 10.4. The number of rotatable bonds is 10. The molecule has 0 unspecified atom stereocenters. The highest BCUT2D eigenvalue weighted by atomic mass is 32.2. The summed E-state index contributed by atoms with van der Waals surface area (Å²) in [7, 11) is 1.56. The molecular formula is C25H33N5O4S2. The summed E-state index contributed by atoms with van der Waals surface area (Å²) < 4.78 is 11.7. The van der Waals surface area contributed by atoms with E-state index >= 15 is 0 Å². The van der Waals surface area contributed by atoms with Crippen LogP contribution < -0.4 is 21.1 Å². The molecule has 0 spiro atoms. The zero-order valence-corrected chi connectivity index (χ0v) is 22.6. The van der Waals surface area contributed by atoms with Crippen molar-refractivity contribution >= 4 is 40.0 Å². The molecule has 9 nitrogen and oxygen atoms in total. The molecule has 0 aliphatic carbocycles. The Morgan fingerprint density at radius 3 is 2.78 bits per heavy atom. The number of hydrogen-bond acceptors (Lipinski definition) is 9. The summed E-state index contributed by atoms with van der Waals surface area (Å²) in [6, 6.07) is 4.11. The van der Waals surface area contributed by atoms with E-state index in [9.17, 15) is 9.59 Å². The highest BCUT2D eigenvalue weighted by Crippen LogP contribution is 2.38. The van der Waals surface area contributed by atoms with Crippen molar-refractivity contribution in [2.24, 2.45) is 5.73 Å². The predicted molar refractivity (Wildman–Crippen MR) is 144 cm³/mol. The van der Waals surface area contributed by atoms with Gasteiger partial charge in [-0.3, -0.25) is 14.9 Å². The smallest absolute Gasteiger partial charge is 0.273 e. The van der Waals surface area contributed by atoms with Crippen LogP contribution in [0.1, 0.15) is 29.8 Å². The molecule has 1 aromatic heterocycles. The van der Waals surface area contributed by atoms with Crippen molar-refractivity contribution in [1.29, 1.82) is 0 Å². The molecule has 1 aliphatic heterocycles. The van der Waals surface area contributed by atoms with Crippen LogP contribution in [0.5, 0.6) is 5.75 Å². The number of hydrogen-bond donors (Lipinski definition) is 3. The molecule has 36 heavy (non-hydrogen) atoms. The summed E-state index contributed by atoms with van der Waals surface area (Å²) in [5.74, 6) is 0.0499. The Balaban J connectivity index is 1.67. The van der Waals surface area contributed by atoms with Crippen LogP contribution in [0.3, 0.4) is 0 Å². The van der Waals surface area contributed by atoms with Gasteiger partial charge in [0.1, 0.15) is 5.75 Å². The summed E-state index contributed by atoms with van der Waals surface area (Å²) in [4.78, 5) is 32.5. The first-order valence-electron chi connectivity index (χ1n) is 11.6. The van der Waals surface area contributed by atoms with Gasteiger partial charge in [0.25, 0.3) is 11.8 Å². The first kappa shape index (κ1) is 27.7. The molecule has 0 atom stereocenters. The van der Waals surface area contributed by atoms with Gasteiger partial charge in [-0.2, -0.15) is 0 Å². The Morgan fingerprint density at radius 2 is 2.08 bits per heavy atom. The number of morpholine rings is 1. The summed E-state index contributed by atoms with van der Waals surface area (Å²) in [5, 5.41) is 6.42. The molecule has 0 saturated carbocycles. The zero-order valence-electron chi connectivity index (χ0n) is 21.0. The van der Waals surface area contributed by atoms with Crippen molar-refractivity contribution in [3.8, 4) is 5.75 Å². The van der Waals surface area contributed by atoms with Gasteiger partial charge in [-0.05, 0) is 30.7 Å². The van der Waals surface area contributed by atoms with Crippen LogP contribution in [0.4, 0.5) is 5.13 Å².